The molecule has 1 aliphatic rings. The number of nitrogens with one attached hydrogen (secondary N) is 1. The number of carbonyl (C=O) groups is 1. The lowest BCUT2D eigenvalue weighted by atomic mass is 10.0. The third kappa shape index (κ3) is 6.65. The standard InChI is InChI=1S/C34H29N7O4S/c42-20-22-13-15-23(16-14-22)31-18-27(21-46-34-38-39-40-41(34)26-9-2-1-3-10-26)44-33(45-31)24-7-6-8-25(17-24)36-32(43)30-19-35-28-11-4-5-12-29(28)37-30/h1-17,19,27,31,33,42H,18,20-21H2,(H,36,43)/t27-,31+,33+/m0/s1. The number of rotatable bonds is 9. The van der Waals surface area contributed by atoms with Gasteiger partial charge in [-0.3, -0.25) is 9.78 Å². The Labute approximate surface area is 268 Å². The Hall–Kier alpha value is -5.01. The molecule has 6 aromatic rings. The van der Waals surface area contributed by atoms with Gasteiger partial charge in [-0.2, -0.15) is 4.68 Å². The average Bonchev–Trinajstić information content (AvgIpc) is 3.60. The Morgan fingerprint density at radius 2 is 1.72 bits per heavy atom. The van der Waals surface area contributed by atoms with Crippen LogP contribution < -0.4 is 5.32 Å². The molecule has 0 saturated carbocycles. The van der Waals surface area contributed by atoms with Gasteiger partial charge in [-0.15, -0.1) is 5.10 Å². The van der Waals surface area contributed by atoms with Crippen LogP contribution in [-0.2, 0) is 16.1 Å². The van der Waals surface area contributed by atoms with E-state index in [2.05, 4.69) is 30.8 Å². The van der Waals surface area contributed by atoms with E-state index in [0.29, 0.717) is 28.5 Å². The number of aliphatic hydroxyl groups is 1. The van der Waals surface area contributed by atoms with Gasteiger partial charge in [0.1, 0.15) is 5.69 Å². The fourth-order valence-corrected chi connectivity index (χ4v) is 6.12. The van der Waals surface area contributed by atoms with Crippen molar-refractivity contribution in [2.45, 2.75) is 36.7 Å². The normalized spacial score (nSPS) is 18.0. The Balaban J connectivity index is 1.11. The van der Waals surface area contributed by atoms with Crippen LogP contribution in [0.3, 0.4) is 0 Å². The van der Waals surface area contributed by atoms with Crippen molar-refractivity contribution in [3.8, 4) is 5.69 Å². The molecule has 1 fully saturated rings. The smallest absolute Gasteiger partial charge is 0.275 e. The maximum absolute atomic E-state index is 13.1. The number of tetrazole rings is 1. The lowest BCUT2D eigenvalue weighted by Crippen LogP contribution is -2.31. The third-order valence-electron chi connectivity index (χ3n) is 7.55. The van der Waals surface area contributed by atoms with E-state index in [4.69, 9.17) is 9.47 Å². The number of hydrogen-bond acceptors (Lipinski definition) is 10. The van der Waals surface area contributed by atoms with Crippen LogP contribution in [0.5, 0.6) is 0 Å². The van der Waals surface area contributed by atoms with Crippen LogP contribution in [0.1, 0.15) is 46.0 Å². The topological polar surface area (TPSA) is 137 Å². The van der Waals surface area contributed by atoms with Crippen LogP contribution >= 0.6 is 11.8 Å². The summed E-state index contributed by atoms with van der Waals surface area (Å²) in [5.74, 6) is 0.211. The number of nitrogens with zero attached hydrogens (tertiary/aromatic N) is 6. The molecule has 1 aliphatic heterocycles. The molecular formula is C34H29N7O4S. The molecular weight excluding hydrogens is 602 g/mol. The van der Waals surface area contributed by atoms with Crippen molar-refractivity contribution in [1.82, 2.24) is 30.2 Å². The van der Waals surface area contributed by atoms with Crippen molar-refractivity contribution in [3.05, 3.63) is 132 Å². The molecule has 230 valence electrons. The van der Waals surface area contributed by atoms with Gasteiger partial charge in [0.25, 0.3) is 5.91 Å². The van der Waals surface area contributed by atoms with Crippen LogP contribution in [0.15, 0.2) is 114 Å². The predicted octanol–water partition coefficient (Wildman–Crippen LogP) is 5.69. The summed E-state index contributed by atoms with van der Waals surface area (Å²) in [6, 6.07) is 32.3. The van der Waals surface area contributed by atoms with Gasteiger partial charge in [0.15, 0.2) is 6.29 Å². The number of fused-ring (bicyclic) bond motifs is 1. The van der Waals surface area contributed by atoms with E-state index >= 15 is 0 Å². The lowest BCUT2D eigenvalue weighted by Gasteiger charge is -2.36. The van der Waals surface area contributed by atoms with E-state index in [1.165, 1.54) is 18.0 Å². The zero-order valence-electron chi connectivity index (χ0n) is 24.5. The van der Waals surface area contributed by atoms with Crippen molar-refractivity contribution in [3.63, 3.8) is 0 Å². The van der Waals surface area contributed by atoms with Crippen LogP contribution in [0, 0.1) is 0 Å². The van der Waals surface area contributed by atoms with Gasteiger partial charge in [0, 0.05) is 23.4 Å². The highest BCUT2D eigenvalue weighted by atomic mass is 32.2. The molecule has 11 nitrogen and oxygen atoms in total. The molecule has 3 atom stereocenters. The largest absolute Gasteiger partial charge is 0.392 e. The van der Waals surface area contributed by atoms with Crippen LogP contribution in [-0.4, -0.2) is 53.0 Å². The van der Waals surface area contributed by atoms with Gasteiger partial charge in [0.05, 0.1) is 41.7 Å². The van der Waals surface area contributed by atoms with E-state index in [-0.39, 0.29) is 30.4 Å². The average molecular weight is 632 g/mol. The molecule has 0 aliphatic carbocycles. The van der Waals surface area contributed by atoms with Crippen molar-refractivity contribution >= 4 is 34.4 Å². The highest BCUT2D eigenvalue weighted by molar-refractivity contribution is 7.99. The maximum Gasteiger partial charge on any atom is 0.275 e. The van der Waals surface area contributed by atoms with Crippen molar-refractivity contribution in [1.29, 1.82) is 0 Å². The zero-order chi connectivity index (χ0) is 31.3. The number of thioether (sulfide) groups is 1. The van der Waals surface area contributed by atoms with Gasteiger partial charge < -0.3 is 19.9 Å². The summed E-state index contributed by atoms with van der Waals surface area (Å²) in [6.45, 7) is -0.0315. The van der Waals surface area contributed by atoms with Gasteiger partial charge in [-0.05, 0) is 58.0 Å². The SMILES string of the molecule is O=C(Nc1cccc([C@@H]2O[C@H](CSc3nnnn3-c3ccccc3)C[C@H](c3ccc(CO)cc3)O2)c1)c1cnc2ccccc2n1. The molecule has 4 aromatic carbocycles. The summed E-state index contributed by atoms with van der Waals surface area (Å²) in [6.07, 6.45) is 0.889. The quantitative estimate of drug-likeness (QED) is 0.192. The molecule has 12 heteroatoms. The molecule has 0 unspecified atom stereocenters. The third-order valence-corrected chi connectivity index (χ3v) is 8.60. The fourth-order valence-electron chi connectivity index (χ4n) is 5.22. The van der Waals surface area contributed by atoms with Crippen LogP contribution in [0.4, 0.5) is 5.69 Å². The van der Waals surface area contributed by atoms with Crippen molar-refractivity contribution in [2.75, 3.05) is 11.1 Å². The number of para-hydroxylation sites is 3. The van der Waals surface area contributed by atoms with Crippen LogP contribution in [0.2, 0.25) is 0 Å². The molecule has 46 heavy (non-hydrogen) atoms. The molecule has 1 amide bonds. The molecule has 0 spiro atoms. The summed E-state index contributed by atoms with van der Waals surface area (Å²) >= 11 is 1.51. The summed E-state index contributed by atoms with van der Waals surface area (Å²) in [4.78, 5) is 21.9. The van der Waals surface area contributed by atoms with E-state index < -0.39 is 6.29 Å². The number of aromatic nitrogens is 6. The van der Waals surface area contributed by atoms with Gasteiger partial charge in [-0.1, -0.05) is 78.5 Å². The predicted molar refractivity (Wildman–Crippen MR) is 172 cm³/mol. The summed E-state index contributed by atoms with van der Waals surface area (Å²) in [5.41, 5.74) is 5.59. The first-order chi connectivity index (χ1) is 22.6. The Morgan fingerprint density at radius 3 is 2.54 bits per heavy atom. The number of amides is 1. The zero-order valence-corrected chi connectivity index (χ0v) is 25.3. The molecule has 3 heterocycles. The van der Waals surface area contributed by atoms with Gasteiger partial charge >= 0.3 is 0 Å². The molecule has 1 saturated heterocycles. The maximum atomic E-state index is 13.1. The Kier molecular flexibility index (Phi) is 8.74. The van der Waals surface area contributed by atoms with Gasteiger partial charge in [0.2, 0.25) is 5.16 Å². The number of ether oxygens (including phenoxy) is 2. The first-order valence-corrected chi connectivity index (χ1v) is 15.7. The first kappa shape index (κ1) is 29.7. The minimum atomic E-state index is -0.704. The monoisotopic (exact) mass is 631 g/mol. The van der Waals surface area contributed by atoms with E-state index in [9.17, 15) is 9.90 Å². The summed E-state index contributed by atoms with van der Waals surface area (Å²) in [5, 5.41) is 25.4. The number of benzene rings is 4. The van der Waals surface area contributed by atoms with Gasteiger partial charge in [-0.25, -0.2) is 4.98 Å². The summed E-state index contributed by atoms with van der Waals surface area (Å²) in [7, 11) is 0. The van der Waals surface area contributed by atoms with E-state index in [1.807, 2.05) is 97.1 Å². The highest BCUT2D eigenvalue weighted by Gasteiger charge is 2.33. The number of aliphatic hydroxyl groups excluding tert-OH is 1. The van der Waals surface area contributed by atoms with E-state index in [1.54, 1.807) is 10.7 Å². The molecule has 7 rings (SSSR count). The van der Waals surface area contributed by atoms with Crippen LogP contribution in [0.25, 0.3) is 16.7 Å². The van der Waals surface area contributed by atoms with Crippen molar-refractivity contribution in [2.24, 2.45) is 0 Å². The molecule has 2 N–H and O–H groups in total. The van der Waals surface area contributed by atoms with E-state index in [0.717, 1.165) is 27.9 Å². The summed E-state index contributed by atoms with van der Waals surface area (Å²) < 4.78 is 14.7. The second kappa shape index (κ2) is 13.5. The number of anilines is 1. The fraction of sp³-hybridized carbons (Fsp3) is 0.176. The number of hydrogen-bond donors (Lipinski definition) is 2. The van der Waals surface area contributed by atoms with Crippen molar-refractivity contribution < 1.29 is 19.4 Å². The minimum Gasteiger partial charge on any atom is -0.392 e. The number of carbonyl (C=O) groups excluding carboxylic acids is 1. The molecule has 0 bridgehead atoms. The Bertz CT molecular complexity index is 1960. The molecule has 0 radical (unpaired) electrons. The highest BCUT2D eigenvalue weighted by Crippen LogP contribution is 2.40. The lowest BCUT2D eigenvalue weighted by molar-refractivity contribution is -0.245. The second-order valence-corrected chi connectivity index (χ2v) is 11.7. The molecule has 2 aromatic heterocycles. The second-order valence-electron chi connectivity index (χ2n) is 10.7. The first-order valence-electron chi connectivity index (χ1n) is 14.7. The minimum absolute atomic E-state index is 0.0315. The Morgan fingerprint density at radius 1 is 0.913 bits per heavy atom.